The molecule has 1 aromatic carbocycles. The summed E-state index contributed by atoms with van der Waals surface area (Å²) in [6, 6.07) is 6.63. The predicted octanol–water partition coefficient (Wildman–Crippen LogP) is 2.93. The number of aryl methyl sites for hydroxylation is 1. The van der Waals surface area contributed by atoms with E-state index < -0.39 is 0 Å². The van der Waals surface area contributed by atoms with Crippen molar-refractivity contribution in [3.05, 3.63) is 53.1 Å². The minimum absolute atomic E-state index is 0.152. The second-order valence-electron chi connectivity index (χ2n) is 5.03. The smallest absolute Gasteiger partial charge is 0.114 e. The van der Waals surface area contributed by atoms with E-state index in [1.54, 1.807) is 6.20 Å². The number of nitrogens with zero attached hydrogens (tertiary/aromatic N) is 1. The largest absolute Gasteiger partial charge is 0.348 e. The van der Waals surface area contributed by atoms with E-state index in [0.29, 0.717) is 12.5 Å². The van der Waals surface area contributed by atoms with Gasteiger partial charge in [0.15, 0.2) is 0 Å². The van der Waals surface area contributed by atoms with Gasteiger partial charge in [-0.3, -0.25) is 0 Å². The van der Waals surface area contributed by atoms with Crippen LogP contribution in [0.3, 0.4) is 0 Å². The molecule has 0 radical (unpaired) electrons. The predicted molar refractivity (Wildman–Crippen MR) is 74.8 cm³/mol. The first-order valence-corrected chi connectivity index (χ1v) is 6.43. The summed E-state index contributed by atoms with van der Waals surface area (Å²) in [5, 5.41) is 0. The summed E-state index contributed by atoms with van der Waals surface area (Å²) < 4.78 is 0. The Kier molecular flexibility index (Phi) is 3.82. The molecule has 1 aromatic heterocycles. The van der Waals surface area contributed by atoms with Gasteiger partial charge in [-0.2, -0.15) is 0 Å². The van der Waals surface area contributed by atoms with Crippen LogP contribution in [0.25, 0.3) is 0 Å². The Labute approximate surface area is 108 Å². The molecule has 0 spiro atoms. The fourth-order valence-corrected chi connectivity index (χ4v) is 2.25. The summed E-state index contributed by atoms with van der Waals surface area (Å²) >= 11 is 0. The maximum atomic E-state index is 5.93. The van der Waals surface area contributed by atoms with E-state index in [9.17, 15) is 0 Å². The van der Waals surface area contributed by atoms with Crippen molar-refractivity contribution in [2.45, 2.75) is 32.6 Å². The molecular weight excluding hydrogens is 222 g/mol. The first-order chi connectivity index (χ1) is 8.63. The molecule has 0 aliphatic rings. The van der Waals surface area contributed by atoms with Crippen LogP contribution in [-0.4, -0.2) is 16.5 Å². The molecule has 0 amide bonds. The molecule has 0 aliphatic carbocycles. The second kappa shape index (κ2) is 5.36. The Bertz CT molecular complexity index is 500. The number of hydrogen-bond acceptors (Lipinski definition) is 2. The number of rotatable bonds is 4. The van der Waals surface area contributed by atoms with Gasteiger partial charge in [0.05, 0.1) is 5.92 Å². The number of H-pyrrole nitrogens is 1. The van der Waals surface area contributed by atoms with Gasteiger partial charge in [0, 0.05) is 18.9 Å². The third-order valence-electron chi connectivity index (χ3n) is 3.43. The summed E-state index contributed by atoms with van der Waals surface area (Å²) in [6.45, 7) is 7.11. The molecule has 3 heteroatoms. The number of aromatic nitrogens is 2. The number of hydrogen-bond donors (Lipinski definition) is 2. The topological polar surface area (TPSA) is 54.7 Å². The molecule has 3 N–H and O–H groups in total. The minimum atomic E-state index is 0.152. The molecular formula is C15H21N3. The summed E-state index contributed by atoms with van der Waals surface area (Å²) in [5.41, 5.74) is 9.83. The monoisotopic (exact) mass is 243 g/mol. The number of benzene rings is 1. The Morgan fingerprint density at radius 1 is 1.33 bits per heavy atom. The lowest BCUT2D eigenvalue weighted by molar-refractivity contribution is 0.753. The van der Waals surface area contributed by atoms with Gasteiger partial charge in [0.1, 0.15) is 5.82 Å². The van der Waals surface area contributed by atoms with Crippen molar-refractivity contribution >= 4 is 0 Å². The zero-order valence-electron chi connectivity index (χ0n) is 11.3. The van der Waals surface area contributed by atoms with E-state index >= 15 is 0 Å². The molecule has 1 unspecified atom stereocenters. The molecule has 1 atom stereocenters. The van der Waals surface area contributed by atoms with Crippen LogP contribution in [-0.2, 0) is 0 Å². The van der Waals surface area contributed by atoms with Crippen LogP contribution < -0.4 is 5.73 Å². The quantitative estimate of drug-likeness (QED) is 0.867. The Morgan fingerprint density at radius 3 is 2.67 bits per heavy atom. The van der Waals surface area contributed by atoms with E-state index in [1.807, 2.05) is 6.20 Å². The van der Waals surface area contributed by atoms with Gasteiger partial charge in [-0.05, 0) is 29.5 Å². The highest BCUT2D eigenvalue weighted by molar-refractivity contribution is 5.38. The van der Waals surface area contributed by atoms with Gasteiger partial charge in [-0.1, -0.05) is 32.0 Å². The number of nitrogens with one attached hydrogen (secondary N) is 1. The third kappa shape index (κ3) is 2.46. The third-order valence-corrected chi connectivity index (χ3v) is 3.43. The summed E-state index contributed by atoms with van der Waals surface area (Å²) in [5.74, 6) is 1.62. The maximum absolute atomic E-state index is 5.93. The van der Waals surface area contributed by atoms with E-state index in [2.05, 4.69) is 48.9 Å². The average Bonchev–Trinajstić information content (AvgIpc) is 2.86. The van der Waals surface area contributed by atoms with Crippen LogP contribution >= 0.6 is 0 Å². The van der Waals surface area contributed by atoms with Crippen molar-refractivity contribution in [1.29, 1.82) is 0 Å². The van der Waals surface area contributed by atoms with Crippen molar-refractivity contribution < 1.29 is 0 Å². The molecule has 2 rings (SSSR count). The molecule has 0 saturated heterocycles. The molecule has 96 valence electrons. The number of nitrogens with two attached hydrogens (primary N) is 1. The number of aromatic amines is 1. The van der Waals surface area contributed by atoms with Gasteiger partial charge in [-0.15, -0.1) is 0 Å². The zero-order valence-corrected chi connectivity index (χ0v) is 11.3. The molecule has 0 aliphatic heterocycles. The Hall–Kier alpha value is -1.61. The van der Waals surface area contributed by atoms with Gasteiger partial charge >= 0.3 is 0 Å². The minimum Gasteiger partial charge on any atom is -0.348 e. The highest BCUT2D eigenvalue weighted by Gasteiger charge is 2.17. The molecule has 18 heavy (non-hydrogen) atoms. The van der Waals surface area contributed by atoms with Crippen LogP contribution in [0.5, 0.6) is 0 Å². The van der Waals surface area contributed by atoms with Crippen molar-refractivity contribution in [2.75, 3.05) is 6.54 Å². The first kappa shape index (κ1) is 12.8. The standard InChI is InChI=1S/C15H21N3/c1-10(2)12-5-4-11(3)13(8-12)14(9-16)15-17-6-7-18-15/h4-8,10,14H,9,16H2,1-3H3,(H,17,18). The summed E-state index contributed by atoms with van der Waals surface area (Å²) in [6.07, 6.45) is 3.62. The van der Waals surface area contributed by atoms with Crippen molar-refractivity contribution in [3.63, 3.8) is 0 Å². The Morgan fingerprint density at radius 2 is 2.11 bits per heavy atom. The van der Waals surface area contributed by atoms with E-state index in [0.717, 1.165) is 5.82 Å². The SMILES string of the molecule is Cc1ccc(C(C)C)cc1C(CN)c1ncc[nH]1. The van der Waals surface area contributed by atoms with Crippen molar-refractivity contribution in [1.82, 2.24) is 9.97 Å². The molecule has 3 nitrogen and oxygen atoms in total. The van der Waals surface area contributed by atoms with Crippen LogP contribution in [0.15, 0.2) is 30.6 Å². The van der Waals surface area contributed by atoms with Crippen LogP contribution in [0.4, 0.5) is 0 Å². The fraction of sp³-hybridized carbons (Fsp3) is 0.400. The molecule has 0 fully saturated rings. The lowest BCUT2D eigenvalue weighted by atomic mass is 9.90. The van der Waals surface area contributed by atoms with Gasteiger partial charge in [0.25, 0.3) is 0 Å². The highest BCUT2D eigenvalue weighted by atomic mass is 14.9. The lowest BCUT2D eigenvalue weighted by Gasteiger charge is -2.18. The second-order valence-corrected chi connectivity index (χ2v) is 5.03. The van der Waals surface area contributed by atoms with Gasteiger partial charge in [0.2, 0.25) is 0 Å². The van der Waals surface area contributed by atoms with Crippen molar-refractivity contribution in [3.8, 4) is 0 Å². The average molecular weight is 243 g/mol. The number of imidazole rings is 1. The maximum Gasteiger partial charge on any atom is 0.114 e. The lowest BCUT2D eigenvalue weighted by Crippen LogP contribution is -2.16. The molecule has 0 saturated carbocycles. The molecule has 1 heterocycles. The zero-order chi connectivity index (χ0) is 13.1. The normalized spacial score (nSPS) is 12.9. The molecule has 2 aromatic rings. The highest BCUT2D eigenvalue weighted by Crippen LogP contribution is 2.27. The molecule has 0 bridgehead atoms. The first-order valence-electron chi connectivity index (χ1n) is 6.43. The fourth-order valence-electron chi connectivity index (χ4n) is 2.25. The van der Waals surface area contributed by atoms with Crippen LogP contribution in [0, 0.1) is 6.92 Å². The van der Waals surface area contributed by atoms with Crippen LogP contribution in [0.2, 0.25) is 0 Å². The van der Waals surface area contributed by atoms with Crippen LogP contribution in [0.1, 0.15) is 48.2 Å². The van der Waals surface area contributed by atoms with E-state index in [4.69, 9.17) is 5.73 Å². The van der Waals surface area contributed by atoms with E-state index in [1.165, 1.54) is 16.7 Å². The summed E-state index contributed by atoms with van der Waals surface area (Å²) in [7, 11) is 0. The van der Waals surface area contributed by atoms with Gasteiger partial charge < -0.3 is 10.7 Å². The van der Waals surface area contributed by atoms with Crippen molar-refractivity contribution in [2.24, 2.45) is 5.73 Å². The Balaban J connectivity index is 2.44. The van der Waals surface area contributed by atoms with Gasteiger partial charge in [-0.25, -0.2) is 4.98 Å². The van der Waals surface area contributed by atoms with E-state index in [-0.39, 0.29) is 5.92 Å². The summed E-state index contributed by atoms with van der Waals surface area (Å²) in [4.78, 5) is 7.52.